The van der Waals surface area contributed by atoms with Crippen molar-refractivity contribution in [2.24, 2.45) is 7.05 Å². The molecule has 1 aromatic rings. The van der Waals surface area contributed by atoms with Crippen molar-refractivity contribution in [1.29, 1.82) is 0 Å². The number of hydrogen-bond acceptors (Lipinski definition) is 3. The lowest BCUT2D eigenvalue weighted by atomic mass is 10.3. The summed E-state index contributed by atoms with van der Waals surface area (Å²) < 4.78 is 1.47. The summed E-state index contributed by atoms with van der Waals surface area (Å²) in [6.45, 7) is 1.40. The maximum atomic E-state index is 11.3. The Morgan fingerprint density at radius 1 is 1.64 bits per heavy atom. The molecule has 2 N–H and O–H groups in total. The number of carbonyl (C=O) groups is 2. The Labute approximate surface area is 80.5 Å². The van der Waals surface area contributed by atoms with Crippen LogP contribution in [0.15, 0.2) is 12.4 Å². The highest BCUT2D eigenvalue weighted by atomic mass is 16.4. The van der Waals surface area contributed by atoms with Crippen molar-refractivity contribution in [2.75, 3.05) is 0 Å². The SMILES string of the molecule is CC(NC(=O)c1cnn(C)c1)C(=O)O. The van der Waals surface area contributed by atoms with Crippen LogP contribution in [0.1, 0.15) is 17.3 Å². The number of hydrogen-bond donors (Lipinski definition) is 2. The van der Waals surface area contributed by atoms with E-state index in [2.05, 4.69) is 10.4 Å². The van der Waals surface area contributed by atoms with Gasteiger partial charge in [0.1, 0.15) is 6.04 Å². The van der Waals surface area contributed by atoms with Gasteiger partial charge in [0.05, 0.1) is 11.8 Å². The Morgan fingerprint density at radius 2 is 2.29 bits per heavy atom. The largest absolute Gasteiger partial charge is 0.480 e. The number of carboxylic acid groups (broad SMARTS) is 1. The van der Waals surface area contributed by atoms with Gasteiger partial charge in [0.2, 0.25) is 0 Å². The third-order valence-electron chi connectivity index (χ3n) is 1.69. The molecule has 1 aromatic heterocycles. The average Bonchev–Trinajstić information content (AvgIpc) is 2.51. The number of amides is 1. The van der Waals surface area contributed by atoms with Gasteiger partial charge < -0.3 is 10.4 Å². The molecule has 1 atom stereocenters. The van der Waals surface area contributed by atoms with Crippen LogP contribution >= 0.6 is 0 Å². The summed E-state index contributed by atoms with van der Waals surface area (Å²) in [4.78, 5) is 21.8. The number of aliphatic carboxylic acids is 1. The van der Waals surface area contributed by atoms with Gasteiger partial charge >= 0.3 is 5.97 Å². The average molecular weight is 197 g/mol. The number of aromatic nitrogens is 2. The Kier molecular flexibility index (Phi) is 2.85. The molecule has 0 aliphatic heterocycles. The maximum absolute atomic E-state index is 11.3. The fraction of sp³-hybridized carbons (Fsp3) is 0.375. The van der Waals surface area contributed by atoms with Crippen LogP contribution in [0.3, 0.4) is 0 Å². The number of nitrogens with zero attached hydrogens (tertiary/aromatic N) is 2. The zero-order valence-electron chi connectivity index (χ0n) is 7.89. The molecule has 0 fully saturated rings. The molecule has 0 saturated heterocycles. The van der Waals surface area contributed by atoms with Crippen LogP contribution in [0, 0.1) is 0 Å². The number of carbonyl (C=O) groups excluding carboxylic acids is 1. The summed E-state index contributed by atoms with van der Waals surface area (Å²) in [6.07, 6.45) is 2.90. The molecule has 14 heavy (non-hydrogen) atoms. The molecule has 0 aliphatic carbocycles. The van der Waals surface area contributed by atoms with Crippen molar-refractivity contribution in [3.8, 4) is 0 Å². The molecule has 0 bridgehead atoms. The third-order valence-corrected chi connectivity index (χ3v) is 1.69. The zero-order valence-corrected chi connectivity index (χ0v) is 7.89. The number of nitrogens with one attached hydrogen (secondary N) is 1. The number of aryl methyl sites for hydroxylation is 1. The lowest BCUT2D eigenvalue weighted by molar-refractivity contribution is -0.138. The monoisotopic (exact) mass is 197 g/mol. The normalized spacial score (nSPS) is 12.1. The van der Waals surface area contributed by atoms with Gasteiger partial charge in [-0.2, -0.15) is 5.10 Å². The predicted octanol–water partition coefficient (Wildman–Crippen LogP) is -0.377. The molecule has 6 heteroatoms. The van der Waals surface area contributed by atoms with E-state index in [9.17, 15) is 9.59 Å². The molecular weight excluding hydrogens is 186 g/mol. The topological polar surface area (TPSA) is 84.2 Å². The zero-order chi connectivity index (χ0) is 10.7. The van der Waals surface area contributed by atoms with Gasteiger partial charge in [0.15, 0.2) is 0 Å². The van der Waals surface area contributed by atoms with Crippen LogP contribution < -0.4 is 5.32 Å². The Bertz CT molecular complexity index is 358. The van der Waals surface area contributed by atoms with Crippen LogP contribution in [-0.4, -0.2) is 32.8 Å². The molecule has 1 unspecified atom stereocenters. The quantitative estimate of drug-likeness (QED) is 0.692. The second-order valence-electron chi connectivity index (χ2n) is 2.94. The smallest absolute Gasteiger partial charge is 0.325 e. The van der Waals surface area contributed by atoms with E-state index in [4.69, 9.17) is 5.11 Å². The van der Waals surface area contributed by atoms with Crippen molar-refractivity contribution in [2.45, 2.75) is 13.0 Å². The predicted molar refractivity (Wildman–Crippen MR) is 47.8 cm³/mol. The van der Waals surface area contributed by atoms with E-state index in [1.54, 1.807) is 7.05 Å². The summed E-state index contributed by atoms with van der Waals surface area (Å²) in [5.74, 6) is -1.50. The molecule has 1 heterocycles. The first-order chi connectivity index (χ1) is 6.50. The van der Waals surface area contributed by atoms with Gasteiger partial charge in [0, 0.05) is 13.2 Å². The van der Waals surface area contributed by atoms with Gasteiger partial charge in [-0.1, -0.05) is 0 Å². The summed E-state index contributed by atoms with van der Waals surface area (Å²) in [5, 5.41) is 14.7. The minimum Gasteiger partial charge on any atom is -0.480 e. The third kappa shape index (κ3) is 2.32. The fourth-order valence-electron chi connectivity index (χ4n) is 0.880. The van der Waals surface area contributed by atoms with Gasteiger partial charge in [0.25, 0.3) is 5.91 Å². The van der Waals surface area contributed by atoms with E-state index in [0.717, 1.165) is 0 Å². The molecule has 1 rings (SSSR count). The van der Waals surface area contributed by atoms with Crippen LogP contribution in [0.4, 0.5) is 0 Å². The molecule has 0 spiro atoms. The number of carboxylic acids is 1. The number of rotatable bonds is 3. The van der Waals surface area contributed by atoms with E-state index >= 15 is 0 Å². The summed E-state index contributed by atoms with van der Waals surface area (Å²) in [5.41, 5.74) is 0.348. The lowest BCUT2D eigenvalue weighted by Gasteiger charge is -2.06. The van der Waals surface area contributed by atoms with Crippen LogP contribution in [-0.2, 0) is 11.8 Å². The van der Waals surface area contributed by atoms with Gasteiger partial charge in [-0.15, -0.1) is 0 Å². The summed E-state index contributed by atoms with van der Waals surface area (Å²) >= 11 is 0. The standard InChI is InChI=1S/C8H11N3O3/c1-5(8(13)14)10-7(12)6-3-9-11(2)4-6/h3-5H,1-2H3,(H,10,12)(H,13,14). The van der Waals surface area contributed by atoms with Crippen molar-refractivity contribution in [1.82, 2.24) is 15.1 Å². The minimum atomic E-state index is -1.07. The van der Waals surface area contributed by atoms with Crippen LogP contribution in [0.25, 0.3) is 0 Å². The van der Waals surface area contributed by atoms with E-state index in [1.807, 2.05) is 0 Å². The van der Waals surface area contributed by atoms with E-state index in [0.29, 0.717) is 5.56 Å². The molecular formula is C8H11N3O3. The lowest BCUT2D eigenvalue weighted by Crippen LogP contribution is -2.38. The molecule has 0 saturated carbocycles. The minimum absolute atomic E-state index is 0.348. The summed E-state index contributed by atoms with van der Waals surface area (Å²) in [6, 6.07) is -0.900. The van der Waals surface area contributed by atoms with Crippen molar-refractivity contribution in [3.63, 3.8) is 0 Å². The Balaban J connectivity index is 2.63. The highest BCUT2D eigenvalue weighted by Crippen LogP contribution is 1.96. The molecule has 0 aliphatic rings. The van der Waals surface area contributed by atoms with Gasteiger partial charge in [-0.05, 0) is 6.92 Å². The van der Waals surface area contributed by atoms with E-state index < -0.39 is 17.9 Å². The van der Waals surface area contributed by atoms with Crippen molar-refractivity contribution >= 4 is 11.9 Å². The Morgan fingerprint density at radius 3 is 2.71 bits per heavy atom. The highest BCUT2D eigenvalue weighted by Gasteiger charge is 2.15. The van der Waals surface area contributed by atoms with Gasteiger partial charge in [-0.3, -0.25) is 14.3 Å². The van der Waals surface area contributed by atoms with Crippen molar-refractivity contribution < 1.29 is 14.7 Å². The fourth-order valence-corrected chi connectivity index (χ4v) is 0.880. The first-order valence-electron chi connectivity index (χ1n) is 4.03. The first-order valence-corrected chi connectivity index (χ1v) is 4.03. The molecule has 76 valence electrons. The van der Waals surface area contributed by atoms with Crippen molar-refractivity contribution in [3.05, 3.63) is 18.0 Å². The Hall–Kier alpha value is -1.85. The maximum Gasteiger partial charge on any atom is 0.325 e. The second kappa shape index (κ2) is 3.91. The van der Waals surface area contributed by atoms with E-state index in [-0.39, 0.29) is 0 Å². The molecule has 0 aromatic carbocycles. The van der Waals surface area contributed by atoms with E-state index in [1.165, 1.54) is 24.0 Å². The first kappa shape index (κ1) is 10.2. The molecule has 6 nitrogen and oxygen atoms in total. The van der Waals surface area contributed by atoms with Crippen LogP contribution in [0.5, 0.6) is 0 Å². The summed E-state index contributed by atoms with van der Waals surface area (Å²) in [7, 11) is 1.68. The van der Waals surface area contributed by atoms with Crippen LogP contribution in [0.2, 0.25) is 0 Å². The molecule has 1 amide bonds. The second-order valence-corrected chi connectivity index (χ2v) is 2.94. The van der Waals surface area contributed by atoms with Gasteiger partial charge in [-0.25, -0.2) is 0 Å². The highest BCUT2D eigenvalue weighted by molar-refractivity contribution is 5.96. The molecule has 0 radical (unpaired) electrons.